The van der Waals surface area contributed by atoms with Crippen LogP contribution in [-0.4, -0.2) is 21.9 Å². The third kappa shape index (κ3) is 2.32. The molecule has 0 saturated carbocycles. The third-order valence-electron chi connectivity index (χ3n) is 3.53. The van der Waals surface area contributed by atoms with E-state index in [1.165, 1.54) is 11.3 Å². The fourth-order valence-electron chi connectivity index (χ4n) is 2.53. The van der Waals surface area contributed by atoms with E-state index in [-0.39, 0.29) is 4.77 Å². The van der Waals surface area contributed by atoms with Crippen molar-refractivity contribution in [3.05, 3.63) is 25.6 Å². The maximum atomic E-state index is 13.2. The van der Waals surface area contributed by atoms with Crippen LogP contribution in [0.25, 0.3) is 10.2 Å². The molecule has 2 aromatic rings. The van der Waals surface area contributed by atoms with E-state index in [1.807, 2.05) is 0 Å². The summed E-state index contributed by atoms with van der Waals surface area (Å²) in [5.41, 5.74) is 0.119. The van der Waals surface area contributed by atoms with Gasteiger partial charge in [0.1, 0.15) is 4.83 Å². The number of nitrogens with one attached hydrogen (secondary N) is 1. The molecule has 21 heavy (non-hydrogen) atoms. The molecule has 2 aromatic heterocycles. The van der Waals surface area contributed by atoms with Crippen LogP contribution < -0.4 is 5.56 Å². The summed E-state index contributed by atoms with van der Waals surface area (Å²) < 4.78 is 51.4. The van der Waals surface area contributed by atoms with Crippen LogP contribution in [0, 0.1) is 4.77 Å². The van der Waals surface area contributed by atoms with Crippen LogP contribution in [0.3, 0.4) is 0 Å². The fourth-order valence-corrected chi connectivity index (χ4v) is 4.13. The first kappa shape index (κ1) is 14.7. The lowest BCUT2D eigenvalue weighted by Gasteiger charge is -2.16. The molecule has 3 nitrogen and oxygen atoms in total. The van der Waals surface area contributed by atoms with Crippen LogP contribution in [0.15, 0.2) is 4.79 Å². The average Bonchev–Trinajstić information content (AvgIpc) is 2.94. The zero-order valence-electron chi connectivity index (χ0n) is 10.6. The molecule has 3 rings (SSSR count). The van der Waals surface area contributed by atoms with Crippen LogP contribution >= 0.6 is 23.6 Å². The zero-order valence-corrected chi connectivity index (χ0v) is 12.2. The van der Waals surface area contributed by atoms with Gasteiger partial charge in [-0.2, -0.15) is 8.78 Å². The second-order valence-corrected chi connectivity index (χ2v) is 6.44. The van der Waals surface area contributed by atoms with Gasteiger partial charge in [0.05, 0.1) is 11.9 Å². The molecule has 0 bridgehead atoms. The molecule has 0 radical (unpaired) electrons. The van der Waals surface area contributed by atoms with Crippen LogP contribution in [0.4, 0.5) is 17.6 Å². The van der Waals surface area contributed by atoms with Crippen molar-refractivity contribution in [2.75, 3.05) is 0 Å². The molecular weight excluding hydrogens is 328 g/mol. The van der Waals surface area contributed by atoms with Crippen molar-refractivity contribution in [3.8, 4) is 0 Å². The largest absolute Gasteiger partial charge is 0.325 e. The standard InChI is InChI=1S/C12H10F4N2OS2/c13-10(14)12(15,16)4-18-9(19)7-5-2-1-3-6(5)21-8(7)17-11(18)20/h10H,1-4H2,(H,17,20). The van der Waals surface area contributed by atoms with Crippen molar-refractivity contribution in [1.82, 2.24) is 9.55 Å². The Labute approximate surface area is 125 Å². The normalized spacial score (nSPS) is 15.1. The molecule has 0 aromatic carbocycles. The number of aromatic amines is 1. The third-order valence-corrected chi connectivity index (χ3v) is 5.06. The molecule has 114 valence electrons. The first-order valence-corrected chi connectivity index (χ1v) is 7.47. The molecule has 1 aliphatic rings. The van der Waals surface area contributed by atoms with E-state index in [2.05, 4.69) is 4.98 Å². The van der Waals surface area contributed by atoms with Crippen molar-refractivity contribution in [1.29, 1.82) is 0 Å². The predicted octanol–water partition coefficient (Wildman–Crippen LogP) is 3.51. The van der Waals surface area contributed by atoms with Gasteiger partial charge in [-0.15, -0.1) is 11.3 Å². The van der Waals surface area contributed by atoms with E-state index < -0.39 is 24.5 Å². The molecule has 0 amide bonds. The fraction of sp³-hybridized carbons (Fsp3) is 0.500. The van der Waals surface area contributed by atoms with Crippen molar-refractivity contribution in [2.45, 2.75) is 38.2 Å². The second-order valence-electron chi connectivity index (χ2n) is 4.94. The molecule has 1 aliphatic carbocycles. The van der Waals surface area contributed by atoms with E-state index in [9.17, 15) is 22.4 Å². The number of aryl methyl sites for hydroxylation is 2. The number of halogens is 4. The Hall–Kier alpha value is -1.22. The maximum absolute atomic E-state index is 13.2. The van der Waals surface area contributed by atoms with E-state index in [0.29, 0.717) is 21.2 Å². The van der Waals surface area contributed by atoms with Gasteiger partial charge < -0.3 is 4.98 Å². The van der Waals surface area contributed by atoms with E-state index in [4.69, 9.17) is 12.2 Å². The number of fused-ring (bicyclic) bond motifs is 3. The van der Waals surface area contributed by atoms with Crippen molar-refractivity contribution in [3.63, 3.8) is 0 Å². The zero-order chi connectivity index (χ0) is 15.4. The Bertz CT molecular complexity index is 821. The maximum Gasteiger partial charge on any atom is 0.325 e. The molecule has 9 heteroatoms. The summed E-state index contributed by atoms with van der Waals surface area (Å²) in [6.07, 6.45) is -1.41. The number of thiophene rings is 1. The molecule has 0 saturated heterocycles. The number of aromatic nitrogens is 2. The lowest BCUT2D eigenvalue weighted by Crippen LogP contribution is -2.37. The van der Waals surface area contributed by atoms with Crippen molar-refractivity contribution in [2.24, 2.45) is 0 Å². The summed E-state index contributed by atoms with van der Waals surface area (Å²) in [5, 5.41) is 0.311. The summed E-state index contributed by atoms with van der Waals surface area (Å²) >= 11 is 6.24. The van der Waals surface area contributed by atoms with Crippen LogP contribution in [0.1, 0.15) is 16.9 Å². The van der Waals surface area contributed by atoms with Gasteiger partial charge in [0.15, 0.2) is 4.77 Å². The molecule has 2 heterocycles. The molecule has 1 N–H and O–H groups in total. The highest BCUT2D eigenvalue weighted by molar-refractivity contribution is 7.71. The monoisotopic (exact) mass is 338 g/mol. The van der Waals surface area contributed by atoms with Crippen LogP contribution in [0.2, 0.25) is 0 Å². The highest BCUT2D eigenvalue weighted by Crippen LogP contribution is 2.34. The van der Waals surface area contributed by atoms with Crippen molar-refractivity contribution >= 4 is 33.8 Å². The van der Waals surface area contributed by atoms with Gasteiger partial charge in [0.2, 0.25) is 0 Å². The Morgan fingerprint density at radius 2 is 2.10 bits per heavy atom. The Morgan fingerprint density at radius 1 is 1.38 bits per heavy atom. The average molecular weight is 338 g/mol. The topological polar surface area (TPSA) is 37.8 Å². The quantitative estimate of drug-likeness (QED) is 0.687. The Morgan fingerprint density at radius 3 is 2.76 bits per heavy atom. The van der Waals surface area contributed by atoms with E-state index in [1.54, 1.807) is 0 Å². The number of alkyl halides is 4. The molecule has 0 fully saturated rings. The minimum absolute atomic E-state index is 0.257. The SMILES string of the molecule is O=c1c2c3c(sc2[nH]c(=S)n1CC(F)(F)C(F)F)CCC3. The van der Waals surface area contributed by atoms with Gasteiger partial charge in [0.25, 0.3) is 5.56 Å². The number of hydrogen-bond acceptors (Lipinski definition) is 3. The minimum Gasteiger partial charge on any atom is -0.323 e. The first-order chi connectivity index (χ1) is 9.81. The van der Waals surface area contributed by atoms with Gasteiger partial charge in [0, 0.05) is 4.88 Å². The number of rotatable bonds is 3. The lowest BCUT2D eigenvalue weighted by molar-refractivity contribution is -0.138. The highest BCUT2D eigenvalue weighted by Gasteiger charge is 2.41. The highest BCUT2D eigenvalue weighted by atomic mass is 32.1. The van der Waals surface area contributed by atoms with Gasteiger partial charge in [-0.3, -0.25) is 9.36 Å². The summed E-state index contributed by atoms with van der Waals surface area (Å²) in [6.45, 7) is -1.42. The van der Waals surface area contributed by atoms with E-state index in [0.717, 1.165) is 23.3 Å². The molecular formula is C12H10F4N2OS2. The summed E-state index contributed by atoms with van der Waals surface area (Å²) in [5.74, 6) is -4.29. The number of hydrogen-bond donors (Lipinski definition) is 1. The summed E-state index contributed by atoms with van der Waals surface area (Å²) in [6, 6.07) is 0. The van der Waals surface area contributed by atoms with Gasteiger partial charge >= 0.3 is 12.3 Å². The summed E-state index contributed by atoms with van der Waals surface area (Å²) in [4.78, 5) is 16.7. The van der Waals surface area contributed by atoms with Gasteiger partial charge in [-0.1, -0.05) is 0 Å². The van der Waals surface area contributed by atoms with E-state index >= 15 is 0 Å². The molecule has 0 unspecified atom stereocenters. The van der Waals surface area contributed by atoms with Crippen molar-refractivity contribution < 1.29 is 17.6 Å². The second kappa shape index (κ2) is 4.91. The lowest BCUT2D eigenvalue weighted by atomic mass is 10.2. The Balaban J connectivity index is 2.20. The predicted molar refractivity (Wildman–Crippen MR) is 74.2 cm³/mol. The Kier molecular flexibility index (Phi) is 3.44. The summed E-state index contributed by atoms with van der Waals surface area (Å²) in [7, 11) is 0. The van der Waals surface area contributed by atoms with Crippen LogP contribution in [-0.2, 0) is 19.4 Å². The molecule has 0 aliphatic heterocycles. The minimum atomic E-state index is -4.29. The van der Waals surface area contributed by atoms with Crippen LogP contribution in [0.5, 0.6) is 0 Å². The first-order valence-electron chi connectivity index (χ1n) is 6.24. The molecule has 0 spiro atoms. The van der Waals surface area contributed by atoms with Gasteiger partial charge in [-0.05, 0) is 37.0 Å². The van der Waals surface area contributed by atoms with Gasteiger partial charge in [-0.25, -0.2) is 8.78 Å². The number of H-pyrrole nitrogens is 1. The molecule has 0 atom stereocenters. The smallest absolute Gasteiger partial charge is 0.323 e. The number of nitrogens with zero attached hydrogens (tertiary/aromatic N) is 1.